The van der Waals surface area contributed by atoms with Crippen molar-refractivity contribution in [2.24, 2.45) is 0 Å². The van der Waals surface area contributed by atoms with Crippen LogP contribution in [-0.2, 0) is 14.8 Å². The van der Waals surface area contributed by atoms with Gasteiger partial charge in [0.05, 0.1) is 10.6 Å². The Balaban J connectivity index is 1.95. The maximum absolute atomic E-state index is 13.2. The SMILES string of the molecule is CSc1nnc(NC(=O)CN(c2cc(Cl)cc(Cl)c2)S(=O)(=O)c2ccccc2)s1. The molecule has 0 atom stereocenters. The van der Waals surface area contributed by atoms with Crippen LogP contribution in [0.1, 0.15) is 0 Å². The monoisotopic (exact) mass is 488 g/mol. The van der Waals surface area contributed by atoms with Gasteiger partial charge in [-0.1, -0.05) is 64.5 Å². The third kappa shape index (κ3) is 5.40. The summed E-state index contributed by atoms with van der Waals surface area (Å²) >= 11 is 14.7. The van der Waals surface area contributed by atoms with Gasteiger partial charge in [-0.25, -0.2) is 8.42 Å². The minimum Gasteiger partial charge on any atom is -0.299 e. The zero-order chi connectivity index (χ0) is 21.0. The van der Waals surface area contributed by atoms with Crippen LogP contribution in [0.2, 0.25) is 10.0 Å². The number of anilines is 2. The van der Waals surface area contributed by atoms with Crippen LogP contribution in [-0.4, -0.2) is 37.3 Å². The maximum Gasteiger partial charge on any atom is 0.264 e. The van der Waals surface area contributed by atoms with Crippen LogP contribution in [0, 0.1) is 0 Å². The molecule has 12 heteroatoms. The van der Waals surface area contributed by atoms with E-state index in [1.165, 1.54) is 53.4 Å². The van der Waals surface area contributed by atoms with Crippen molar-refractivity contribution in [3.8, 4) is 0 Å². The topological polar surface area (TPSA) is 92.3 Å². The molecule has 1 N–H and O–H groups in total. The molecule has 3 aromatic rings. The summed E-state index contributed by atoms with van der Waals surface area (Å²) in [6.45, 7) is -0.498. The van der Waals surface area contributed by atoms with Crippen molar-refractivity contribution >= 4 is 73.0 Å². The van der Waals surface area contributed by atoms with Gasteiger partial charge in [-0.3, -0.25) is 14.4 Å². The highest BCUT2D eigenvalue weighted by molar-refractivity contribution is 8.00. The number of halogens is 2. The van der Waals surface area contributed by atoms with Crippen LogP contribution in [0.4, 0.5) is 10.8 Å². The first-order valence-corrected chi connectivity index (χ1v) is 12.2. The van der Waals surface area contributed by atoms with Crippen molar-refractivity contribution in [2.75, 3.05) is 22.4 Å². The molecule has 2 aromatic carbocycles. The highest BCUT2D eigenvalue weighted by atomic mass is 35.5. The summed E-state index contributed by atoms with van der Waals surface area (Å²) in [5, 5.41) is 11.1. The van der Waals surface area contributed by atoms with Crippen LogP contribution in [0.25, 0.3) is 0 Å². The average Bonchev–Trinajstić information content (AvgIpc) is 3.13. The predicted molar refractivity (Wildman–Crippen MR) is 118 cm³/mol. The summed E-state index contributed by atoms with van der Waals surface area (Å²) in [5.74, 6) is -0.579. The number of nitrogens with zero attached hydrogens (tertiary/aromatic N) is 3. The first-order chi connectivity index (χ1) is 13.8. The lowest BCUT2D eigenvalue weighted by atomic mass is 10.3. The van der Waals surface area contributed by atoms with Crippen molar-refractivity contribution in [3.63, 3.8) is 0 Å². The van der Waals surface area contributed by atoms with Crippen molar-refractivity contribution < 1.29 is 13.2 Å². The number of rotatable bonds is 7. The summed E-state index contributed by atoms with van der Waals surface area (Å²) in [6.07, 6.45) is 1.84. The Morgan fingerprint density at radius 3 is 2.38 bits per heavy atom. The average molecular weight is 489 g/mol. The van der Waals surface area contributed by atoms with Crippen molar-refractivity contribution in [2.45, 2.75) is 9.24 Å². The summed E-state index contributed by atoms with van der Waals surface area (Å²) in [6, 6.07) is 12.1. The van der Waals surface area contributed by atoms with E-state index in [-0.39, 0.29) is 25.8 Å². The Morgan fingerprint density at radius 1 is 1.14 bits per heavy atom. The number of nitrogens with one attached hydrogen (secondary N) is 1. The van der Waals surface area contributed by atoms with Gasteiger partial charge in [0.2, 0.25) is 11.0 Å². The molecule has 0 spiro atoms. The maximum atomic E-state index is 13.2. The van der Waals surface area contributed by atoms with Gasteiger partial charge in [0.25, 0.3) is 10.0 Å². The highest BCUT2D eigenvalue weighted by Gasteiger charge is 2.28. The van der Waals surface area contributed by atoms with Crippen molar-refractivity contribution in [1.82, 2.24) is 10.2 Å². The lowest BCUT2D eigenvalue weighted by Crippen LogP contribution is -2.38. The van der Waals surface area contributed by atoms with Gasteiger partial charge in [0.15, 0.2) is 4.34 Å². The molecule has 0 aliphatic rings. The second kappa shape index (κ2) is 9.31. The Labute approximate surface area is 186 Å². The number of hydrogen-bond donors (Lipinski definition) is 1. The summed E-state index contributed by atoms with van der Waals surface area (Å²) in [7, 11) is -4.06. The van der Waals surface area contributed by atoms with E-state index >= 15 is 0 Å². The zero-order valence-corrected chi connectivity index (χ0v) is 18.8. The molecule has 0 aliphatic heterocycles. The van der Waals surface area contributed by atoms with Gasteiger partial charge in [-0.15, -0.1) is 10.2 Å². The second-order valence-electron chi connectivity index (χ2n) is 5.58. The molecule has 29 heavy (non-hydrogen) atoms. The van der Waals surface area contributed by atoms with E-state index in [0.29, 0.717) is 4.34 Å². The van der Waals surface area contributed by atoms with Gasteiger partial charge in [-0.2, -0.15) is 0 Å². The highest BCUT2D eigenvalue weighted by Crippen LogP contribution is 2.30. The molecule has 0 bridgehead atoms. The molecule has 0 saturated heterocycles. The van der Waals surface area contributed by atoms with Gasteiger partial charge in [-0.05, 0) is 36.6 Å². The fourth-order valence-electron chi connectivity index (χ4n) is 2.35. The minimum absolute atomic E-state index is 0.0319. The van der Waals surface area contributed by atoms with Gasteiger partial charge >= 0.3 is 0 Å². The van der Waals surface area contributed by atoms with Gasteiger partial charge < -0.3 is 0 Å². The predicted octanol–water partition coefficient (Wildman–Crippen LogP) is 4.40. The number of carbonyl (C=O) groups is 1. The molecule has 1 amide bonds. The third-order valence-corrected chi connectivity index (χ3v) is 7.62. The first-order valence-electron chi connectivity index (χ1n) is 8.01. The summed E-state index contributed by atoms with van der Waals surface area (Å²) in [4.78, 5) is 12.6. The first kappa shape index (κ1) is 21.8. The fourth-order valence-corrected chi connectivity index (χ4v) is 5.48. The fraction of sp³-hybridized carbons (Fsp3) is 0.118. The molecule has 7 nitrogen and oxygen atoms in total. The van der Waals surface area contributed by atoms with Crippen LogP contribution in [0.3, 0.4) is 0 Å². The second-order valence-corrected chi connectivity index (χ2v) is 10.3. The Morgan fingerprint density at radius 2 is 1.79 bits per heavy atom. The van der Waals surface area contributed by atoms with Crippen LogP contribution < -0.4 is 9.62 Å². The molecule has 0 fully saturated rings. The van der Waals surface area contributed by atoms with E-state index in [4.69, 9.17) is 23.2 Å². The number of aromatic nitrogens is 2. The number of carbonyl (C=O) groups excluding carboxylic acids is 1. The Kier molecular flexibility index (Phi) is 7.01. The molecular formula is C17H14Cl2N4O3S3. The molecule has 3 rings (SSSR count). The van der Waals surface area contributed by atoms with Crippen LogP contribution in [0.15, 0.2) is 57.8 Å². The lowest BCUT2D eigenvalue weighted by molar-refractivity contribution is -0.114. The van der Waals surface area contributed by atoms with E-state index < -0.39 is 22.5 Å². The van der Waals surface area contributed by atoms with Crippen LogP contribution in [0.5, 0.6) is 0 Å². The zero-order valence-electron chi connectivity index (χ0n) is 14.9. The third-order valence-electron chi connectivity index (χ3n) is 3.58. The largest absolute Gasteiger partial charge is 0.299 e. The number of amides is 1. The smallest absolute Gasteiger partial charge is 0.264 e. The minimum atomic E-state index is -4.06. The Bertz CT molecular complexity index is 1100. The van der Waals surface area contributed by atoms with E-state index in [2.05, 4.69) is 15.5 Å². The molecule has 0 unspecified atom stereocenters. The Hall–Kier alpha value is -1.85. The molecule has 0 radical (unpaired) electrons. The molecule has 152 valence electrons. The summed E-state index contributed by atoms with van der Waals surface area (Å²) < 4.78 is 28.1. The number of hydrogen-bond acceptors (Lipinski definition) is 7. The quantitative estimate of drug-likeness (QED) is 0.391. The van der Waals surface area contributed by atoms with E-state index in [1.54, 1.807) is 18.2 Å². The summed E-state index contributed by atoms with van der Waals surface area (Å²) in [5.41, 5.74) is 0.170. The van der Waals surface area contributed by atoms with Crippen LogP contribution >= 0.6 is 46.3 Å². The standard InChI is InChI=1S/C17H14Cl2N4O3S3/c1-27-17-22-21-16(28-17)20-15(24)10-23(13-8-11(18)7-12(19)9-13)29(25,26)14-5-3-2-4-6-14/h2-9H,10H2,1H3,(H,20,21,24). The normalized spacial score (nSPS) is 11.3. The molecule has 1 heterocycles. The molecule has 0 saturated carbocycles. The number of benzene rings is 2. The number of thioether (sulfide) groups is 1. The van der Waals surface area contributed by atoms with Crippen molar-refractivity contribution in [1.29, 1.82) is 0 Å². The molecular weight excluding hydrogens is 475 g/mol. The molecule has 0 aliphatic carbocycles. The van der Waals surface area contributed by atoms with Gasteiger partial charge in [0, 0.05) is 10.0 Å². The van der Waals surface area contributed by atoms with Gasteiger partial charge in [0.1, 0.15) is 6.54 Å². The number of sulfonamides is 1. The molecule has 1 aromatic heterocycles. The van der Waals surface area contributed by atoms with Crippen molar-refractivity contribution in [3.05, 3.63) is 58.6 Å². The van der Waals surface area contributed by atoms with E-state index in [0.717, 1.165) is 4.31 Å². The van der Waals surface area contributed by atoms with E-state index in [1.807, 2.05) is 6.26 Å². The lowest BCUT2D eigenvalue weighted by Gasteiger charge is -2.24. The van der Waals surface area contributed by atoms with E-state index in [9.17, 15) is 13.2 Å².